The Labute approximate surface area is 149 Å². The normalized spacial score (nSPS) is 10.5. The quantitative estimate of drug-likeness (QED) is 0.409. The second kappa shape index (κ2) is 6.81. The molecule has 0 saturated heterocycles. The first-order valence-electron chi connectivity index (χ1n) is 4.30. The van der Waals surface area contributed by atoms with E-state index in [1.807, 2.05) is 22.6 Å². The summed E-state index contributed by atoms with van der Waals surface area (Å²) in [6.45, 7) is -3.18. The Bertz CT molecular complexity index is 423. The molecule has 0 N–H and O–H groups in total. The predicted octanol–water partition coefficient (Wildman–Crippen LogP) is 0.514. The van der Waals surface area contributed by atoms with Gasteiger partial charge >= 0.3 is 58.4 Å². The summed E-state index contributed by atoms with van der Waals surface area (Å²) >= 11 is 1.97. The minimum Gasteiger partial charge on any atom is -0.449 e. The van der Waals surface area contributed by atoms with Crippen LogP contribution in [0.1, 0.15) is 16.7 Å². The Morgan fingerprint density at radius 1 is 1.38 bits per heavy atom. The SMILES string of the molecule is C#Cc1cc(I)cc(C[B-](F)(F)F)c1C.[K+]. The summed E-state index contributed by atoms with van der Waals surface area (Å²) in [5.74, 6) is 2.40. The van der Waals surface area contributed by atoms with E-state index < -0.39 is 13.3 Å². The van der Waals surface area contributed by atoms with Crippen molar-refractivity contribution in [3.05, 3.63) is 32.4 Å². The van der Waals surface area contributed by atoms with Gasteiger partial charge in [0.25, 0.3) is 0 Å². The van der Waals surface area contributed by atoms with Gasteiger partial charge < -0.3 is 12.9 Å². The fraction of sp³-hybridized carbons (Fsp3) is 0.200. The number of rotatable bonds is 2. The number of halogens is 4. The third-order valence-electron chi connectivity index (χ3n) is 2.09. The van der Waals surface area contributed by atoms with Gasteiger partial charge in [0.1, 0.15) is 0 Å². The van der Waals surface area contributed by atoms with Crippen molar-refractivity contribution in [1.82, 2.24) is 0 Å². The van der Waals surface area contributed by atoms with Crippen LogP contribution in [0.15, 0.2) is 12.1 Å². The summed E-state index contributed by atoms with van der Waals surface area (Å²) in [6.07, 6.45) is 4.36. The van der Waals surface area contributed by atoms with E-state index in [2.05, 4.69) is 5.92 Å². The van der Waals surface area contributed by atoms with Gasteiger partial charge in [-0.05, 0) is 47.2 Å². The van der Waals surface area contributed by atoms with Crippen LogP contribution in [-0.2, 0) is 6.32 Å². The average molecular weight is 362 g/mol. The second-order valence-electron chi connectivity index (χ2n) is 3.30. The zero-order valence-corrected chi connectivity index (χ0v) is 14.3. The predicted molar refractivity (Wildman–Crippen MR) is 64.6 cm³/mol. The average Bonchev–Trinajstić information content (AvgIpc) is 2.08. The van der Waals surface area contributed by atoms with E-state index in [-0.39, 0.29) is 56.9 Å². The van der Waals surface area contributed by atoms with Crippen molar-refractivity contribution in [2.24, 2.45) is 0 Å². The molecule has 0 radical (unpaired) electrons. The summed E-state index contributed by atoms with van der Waals surface area (Å²) in [7, 11) is 0. The molecule has 0 aliphatic heterocycles. The van der Waals surface area contributed by atoms with Gasteiger partial charge in [0.05, 0.1) is 0 Å². The fourth-order valence-corrected chi connectivity index (χ4v) is 2.03. The first-order valence-corrected chi connectivity index (χ1v) is 5.38. The fourth-order valence-electron chi connectivity index (χ4n) is 1.35. The van der Waals surface area contributed by atoms with Crippen LogP contribution in [0.5, 0.6) is 0 Å². The molecule has 1 rings (SSSR count). The molecular weight excluding hydrogens is 354 g/mol. The molecule has 0 unspecified atom stereocenters. The van der Waals surface area contributed by atoms with Gasteiger partial charge in [-0.3, -0.25) is 0 Å². The minimum atomic E-state index is -4.81. The van der Waals surface area contributed by atoms with Crippen LogP contribution in [0.25, 0.3) is 0 Å². The molecule has 1 aromatic carbocycles. The van der Waals surface area contributed by atoms with Gasteiger partial charge in [-0.1, -0.05) is 17.8 Å². The van der Waals surface area contributed by atoms with Crippen molar-refractivity contribution in [1.29, 1.82) is 0 Å². The van der Waals surface area contributed by atoms with Gasteiger partial charge in [0.2, 0.25) is 0 Å². The largest absolute Gasteiger partial charge is 1.00 e. The molecule has 0 heterocycles. The molecule has 0 aliphatic carbocycles. The molecule has 0 aromatic heterocycles. The van der Waals surface area contributed by atoms with E-state index >= 15 is 0 Å². The van der Waals surface area contributed by atoms with Crippen LogP contribution in [0.4, 0.5) is 12.9 Å². The molecule has 1 aromatic rings. The summed E-state index contributed by atoms with van der Waals surface area (Å²) in [4.78, 5) is 0. The minimum absolute atomic E-state index is 0. The van der Waals surface area contributed by atoms with E-state index in [1.165, 1.54) is 6.07 Å². The topological polar surface area (TPSA) is 0 Å². The van der Waals surface area contributed by atoms with E-state index in [9.17, 15) is 12.9 Å². The monoisotopic (exact) mass is 362 g/mol. The van der Waals surface area contributed by atoms with Crippen molar-refractivity contribution < 1.29 is 64.3 Å². The van der Waals surface area contributed by atoms with Crippen LogP contribution in [0, 0.1) is 22.8 Å². The maximum atomic E-state index is 12.3. The van der Waals surface area contributed by atoms with E-state index in [1.54, 1.807) is 13.0 Å². The number of hydrogen-bond acceptors (Lipinski definition) is 0. The van der Waals surface area contributed by atoms with E-state index in [0.29, 0.717) is 11.1 Å². The van der Waals surface area contributed by atoms with Crippen LogP contribution >= 0.6 is 22.6 Å². The Kier molecular flexibility index (Phi) is 7.23. The third-order valence-corrected chi connectivity index (χ3v) is 2.71. The molecule has 6 heteroatoms. The van der Waals surface area contributed by atoms with Gasteiger partial charge in [-0.25, -0.2) is 0 Å². The van der Waals surface area contributed by atoms with Crippen molar-refractivity contribution >= 4 is 29.6 Å². The molecule has 0 atom stereocenters. The third kappa shape index (κ3) is 5.11. The summed E-state index contributed by atoms with van der Waals surface area (Å²) < 4.78 is 37.6. The van der Waals surface area contributed by atoms with Crippen molar-refractivity contribution in [2.75, 3.05) is 0 Å². The van der Waals surface area contributed by atoms with E-state index in [0.717, 1.165) is 3.57 Å². The standard InChI is InChI=1S/C10H8BF3I.K/c1-3-8-4-10(15)5-9(7(8)2)6-11(12,13)14;/h1,4-5H,6H2,2H3;/q-1;+1. The maximum absolute atomic E-state index is 12.3. The van der Waals surface area contributed by atoms with Crippen molar-refractivity contribution in [2.45, 2.75) is 13.2 Å². The number of terminal acetylenes is 1. The van der Waals surface area contributed by atoms with E-state index in [4.69, 9.17) is 6.42 Å². The zero-order chi connectivity index (χ0) is 11.6. The second-order valence-corrected chi connectivity index (χ2v) is 4.54. The van der Waals surface area contributed by atoms with Gasteiger partial charge in [-0.15, -0.1) is 6.42 Å². The first kappa shape index (κ1) is 17.0. The van der Waals surface area contributed by atoms with Crippen molar-refractivity contribution in [3.8, 4) is 12.3 Å². The Balaban J connectivity index is 0.00000225. The summed E-state index contributed by atoms with van der Waals surface area (Å²) in [6, 6.07) is 3.24. The van der Waals surface area contributed by atoms with Gasteiger partial charge in [0, 0.05) is 9.13 Å². The molecular formula is C10H8BF3IK. The zero-order valence-electron chi connectivity index (χ0n) is 9.03. The molecule has 0 amide bonds. The number of hydrogen-bond donors (Lipinski definition) is 0. The molecule has 16 heavy (non-hydrogen) atoms. The van der Waals surface area contributed by atoms with Crippen LogP contribution in [0.3, 0.4) is 0 Å². The molecule has 0 aliphatic rings. The Morgan fingerprint density at radius 2 is 1.94 bits per heavy atom. The Hall–Kier alpha value is 1.00. The molecule has 0 saturated carbocycles. The van der Waals surface area contributed by atoms with Crippen LogP contribution < -0.4 is 51.4 Å². The maximum Gasteiger partial charge on any atom is 1.00 e. The van der Waals surface area contributed by atoms with Gasteiger partial charge in [0.15, 0.2) is 0 Å². The molecule has 80 valence electrons. The summed E-state index contributed by atoms with van der Waals surface area (Å²) in [5.41, 5.74) is 1.37. The Morgan fingerprint density at radius 3 is 2.38 bits per heavy atom. The van der Waals surface area contributed by atoms with Crippen molar-refractivity contribution in [3.63, 3.8) is 0 Å². The smallest absolute Gasteiger partial charge is 0.449 e. The van der Waals surface area contributed by atoms with Crippen LogP contribution in [-0.4, -0.2) is 6.98 Å². The molecule has 0 fully saturated rings. The van der Waals surface area contributed by atoms with Crippen LogP contribution in [0.2, 0.25) is 0 Å². The number of benzene rings is 1. The molecule has 0 bridgehead atoms. The molecule has 0 spiro atoms. The summed E-state index contributed by atoms with van der Waals surface area (Å²) in [5, 5.41) is 0. The first-order chi connectivity index (χ1) is 6.83. The molecule has 0 nitrogen and oxygen atoms in total. The van der Waals surface area contributed by atoms with Gasteiger partial charge in [-0.2, -0.15) is 0 Å².